The molecule has 1 aromatic heterocycles. The summed E-state index contributed by atoms with van der Waals surface area (Å²) in [7, 11) is 3.24. The summed E-state index contributed by atoms with van der Waals surface area (Å²) in [6, 6.07) is 12.4. The Balaban J connectivity index is 1.49. The van der Waals surface area contributed by atoms with Crippen LogP contribution >= 0.6 is 0 Å². The molecule has 1 fully saturated rings. The summed E-state index contributed by atoms with van der Waals surface area (Å²) >= 11 is 0. The molecule has 0 bridgehead atoms. The van der Waals surface area contributed by atoms with Gasteiger partial charge in [-0.05, 0) is 73.4 Å². The molecule has 8 heteroatoms. The van der Waals surface area contributed by atoms with Crippen molar-refractivity contribution in [2.24, 2.45) is 5.16 Å². The van der Waals surface area contributed by atoms with Crippen molar-refractivity contribution in [3.05, 3.63) is 95.5 Å². The predicted octanol–water partition coefficient (Wildman–Crippen LogP) is 5.16. The normalized spacial score (nSPS) is 20.6. The van der Waals surface area contributed by atoms with Gasteiger partial charge in [-0.3, -0.25) is 0 Å². The van der Waals surface area contributed by atoms with Crippen LogP contribution in [0.4, 0.5) is 4.39 Å². The van der Waals surface area contributed by atoms with E-state index >= 15 is 0 Å². The highest BCUT2D eigenvalue weighted by Gasteiger charge is 2.48. The van der Waals surface area contributed by atoms with Gasteiger partial charge in [-0.25, -0.2) is 9.37 Å². The van der Waals surface area contributed by atoms with Gasteiger partial charge in [0.05, 0.1) is 38.2 Å². The summed E-state index contributed by atoms with van der Waals surface area (Å²) in [5, 5.41) is 4.48. The predicted molar refractivity (Wildman–Crippen MR) is 132 cm³/mol. The maximum absolute atomic E-state index is 13.6. The van der Waals surface area contributed by atoms with Crippen LogP contribution in [0.3, 0.4) is 0 Å². The van der Waals surface area contributed by atoms with Crippen molar-refractivity contribution in [1.82, 2.24) is 14.5 Å². The summed E-state index contributed by atoms with van der Waals surface area (Å²) in [5.74, 6) is 1.20. The Hall–Kier alpha value is -4.07. The minimum atomic E-state index is -1.00. The highest BCUT2D eigenvalue weighted by Crippen LogP contribution is 2.41. The Morgan fingerprint density at radius 2 is 1.97 bits per heavy atom. The molecule has 5 rings (SSSR count). The van der Waals surface area contributed by atoms with E-state index < -0.39 is 5.72 Å². The van der Waals surface area contributed by atoms with Gasteiger partial charge in [0.15, 0.2) is 5.84 Å². The van der Waals surface area contributed by atoms with Crippen LogP contribution in [0, 0.1) is 12.7 Å². The van der Waals surface area contributed by atoms with Crippen molar-refractivity contribution >= 4 is 11.9 Å². The lowest BCUT2D eigenvalue weighted by molar-refractivity contribution is -0.0670. The number of ether oxygens (including phenoxy) is 2. The topological polar surface area (TPSA) is 61.1 Å². The first-order valence-corrected chi connectivity index (χ1v) is 11.4. The monoisotopic (exact) mass is 474 g/mol. The zero-order chi connectivity index (χ0) is 24.4. The number of hydrogen-bond donors (Lipinski definition) is 0. The van der Waals surface area contributed by atoms with Crippen LogP contribution < -0.4 is 4.74 Å². The van der Waals surface area contributed by atoms with Gasteiger partial charge in [-0.1, -0.05) is 11.2 Å². The third kappa shape index (κ3) is 4.16. The standard InChI is InChI=1S/C27H27FN4O3/c1-19-17-31(18-29-19)24-11-6-20(16-25(24)34-3)15-21-5-4-13-32-26(21)30-35-27(32,12-14-33-2)22-7-9-23(28)10-8-22/h6-12,14-18H,4-5,13H2,1-3H3. The first kappa shape index (κ1) is 22.7. The fourth-order valence-corrected chi connectivity index (χ4v) is 4.57. The number of amidine groups is 1. The molecule has 2 aliphatic rings. The second-order valence-electron chi connectivity index (χ2n) is 8.53. The maximum atomic E-state index is 13.6. The van der Waals surface area contributed by atoms with Crippen LogP contribution in [-0.2, 0) is 15.3 Å². The number of oxime groups is 1. The van der Waals surface area contributed by atoms with E-state index in [1.165, 1.54) is 12.1 Å². The number of methoxy groups -OCH3 is 2. The van der Waals surface area contributed by atoms with E-state index in [4.69, 9.17) is 14.3 Å². The molecule has 0 N–H and O–H groups in total. The number of benzene rings is 2. The van der Waals surface area contributed by atoms with E-state index in [-0.39, 0.29) is 5.82 Å². The number of hydrogen-bond acceptors (Lipinski definition) is 6. The van der Waals surface area contributed by atoms with Gasteiger partial charge in [-0.2, -0.15) is 0 Å². The van der Waals surface area contributed by atoms with Crippen LogP contribution in [-0.4, -0.2) is 41.1 Å². The van der Waals surface area contributed by atoms with Gasteiger partial charge in [0.25, 0.3) is 5.72 Å². The van der Waals surface area contributed by atoms with Crippen molar-refractivity contribution in [3.63, 3.8) is 0 Å². The largest absolute Gasteiger partial charge is 0.504 e. The lowest BCUT2D eigenvalue weighted by Gasteiger charge is -2.38. The fourth-order valence-electron chi connectivity index (χ4n) is 4.57. The van der Waals surface area contributed by atoms with Crippen molar-refractivity contribution in [3.8, 4) is 11.4 Å². The van der Waals surface area contributed by atoms with Gasteiger partial charge in [-0.15, -0.1) is 0 Å². The average molecular weight is 475 g/mol. The Bertz CT molecular complexity index is 1310. The van der Waals surface area contributed by atoms with Gasteiger partial charge >= 0.3 is 0 Å². The molecule has 7 nitrogen and oxygen atoms in total. The quantitative estimate of drug-likeness (QED) is 0.462. The lowest BCUT2D eigenvalue weighted by Crippen LogP contribution is -2.47. The molecule has 0 saturated carbocycles. The molecule has 180 valence electrons. The van der Waals surface area contributed by atoms with E-state index in [2.05, 4.69) is 21.1 Å². The van der Waals surface area contributed by atoms with Crippen molar-refractivity contribution in [1.29, 1.82) is 0 Å². The Morgan fingerprint density at radius 3 is 2.69 bits per heavy atom. The van der Waals surface area contributed by atoms with Crippen LogP contribution in [0.25, 0.3) is 11.8 Å². The minimum absolute atomic E-state index is 0.304. The number of aryl methyl sites for hydroxylation is 1. The molecule has 0 amide bonds. The van der Waals surface area contributed by atoms with Crippen molar-refractivity contribution in [2.45, 2.75) is 25.5 Å². The third-order valence-electron chi connectivity index (χ3n) is 6.27. The molecule has 2 aromatic carbocycles. The molecule has 3 aromatic rings. The molecule has 2 aliphatic heterocycles. The van der Waals surface area contributed by atoms with Crippen molar-refractivity contribution < 1.29 is 18.7 Å². The van der Waals surface area contributed by atoms with Gasteiger partial charge in [0, 0.05) is 24.4 Å². The van der Waals surface area contributed by atoms with E-state index in [9.17, 15) is 4.39 Å². The average Bonchev–Trinajstić information content (AvgIpc) is 3.48. The molecule has 1 atom stereocenters. The van der Waals surface area contributed by atoms with E-state index in [1.807, 2.05) is 42.0 Å². The number of aromatic nitrogens is 2. The van der Waals surface area contributed by atoms with Gasteiger partial charge in [0.2, 0.25) is 0 Å². The Morgan fingerprint density at radius 1 is 1.14 bits per heavy atom. The van der Waals surface area contributed by atoms with E-state index in [1.54, 1.807) is 38.9 Å². The Kier molecular flexibility index (Phi) is 6.03. The number of halogens is 1. The molecule has 0 radical (unpaired) electrons. The second kappa shape index (κ2) is 9.29. The number of fused-ring (bicyclic) bond motifs is 1. The third-order valence-corrected chi connectivity index (χ3v) is 6.27. The minimum Gasteiger partial charge on any atom is -0.504 e. The van der Waals surface area contributed by atoms with E-state index in [0.29, 0.717) is 0 Å². The molecule has 1 saturated heterocycles. The summed E-state index contributed by atoms with van der Waals surface area (Å²) < 4.78 is 26.5. The highest BCUT2D eigenvalue weighted by atomic mass is 19.1. The van der Waals surface area contributed by atoms with Crippen LogP contribution in [0.15, 0.2) is 78.1 Å². The molecule has 0 aliphatic carbocycles. The molecular weight excluding hydrogens is 447 g/mol. The van der Waals surface area contributed by atoms with Crippen LogP contribution in [0.5, 0.6) is 5.75 Å². The summed E-state index contributed by atoms with van der Waals surface area (Å²) in [6.07, 6.45) is 11.0. The summed E-state index contributed by atoms with van der Waals surface area (Å²) in [6.45, 7) is 2.69. The lowest BCUT2D eigenvalue weighted by atomic mass is 9.94. The smallest absolute Gasteiger partial charge is 0.259 e. The summed E-state index contributed by atoms with van der Waals surface area (Å²) in [5.41, 5.74) is 3.68. The maximum Gasteiger partial charge on any atom is 0.259 e. The molecular formula is C27H27FN4O3. The fraction of sp³-hybridized carbons (Fsp3) is 0.259. The van der Waals surface area contributed by atoms with Crippen LogP contribution in [0.2, 0.25) is 0 Å². The van der Waals surface area contributed by atoms with Crippen molar-refractivity contribution in [2.75, 3.05) is 20.8 Å². The van der Waals surface area contributed by atoms with Gasteiger partial charge < -0.3 is 23.8 Å². The number of rotatable bonds is 6. The van der Waals surface area contributed by atoms with Crippen LogP contribution in [0.1, 0.15) is 29.7 Å². The molecule has 35 heavy (non-hydrogen) atoms. The Labute approximate surface area is 203 Å². The number of nitrogens with zero attached hydrogens (tertiary/aromatic N) is 4. The number of imidazole rings is 1. The molecule has 1 unspecified atom stereocenters. The molecule has 0 spiro atoms. The second-order valence-corrected chi connectivity index (χ2v) is 8.53. The highest BCUT2D eigenvalue weighted by molar-refractivity contribution is 6.03. The SMILES string of the molecule is COC=CC1(c2ccc(F)cc2)ON=C2C(=Cc3ccc(-n4cnc(C)c4)c(OC)c3)CCCN21. The van der Waals surface area contributed by atoms with E-state index in [0.717, 1.165) is 59.1 Å². The molecule has 3 heterocycles. The first-order chi connectivity index (χ1) is 17.0. The van der Waals surface area contributed by atoms with Gasteiger partial charge in [0.1, 0.15) is 11.6 Å². The zero-order valence-corrected chi connectivity index (χ0v) is 19.9. The first-order valence-electron chi connectivity index (χ1n) is 11.4. The summed E-state index contributed by atoms with van der Waals surface area (Å²) in [4.78, 5) is 12.5. The zero-order valence-electron chi connectivity index (χ0n) is 19.9. The number of piperidine rings is 1.